The van der Waals surface area contributed by atoms with E-state index in [0.29, 0.717) is 12.4 Å². The predicted molar refractivity (Wildman–Crippen MR) is 80.5 cm³/mol. The smallest absolute Gasteiger partial charge is 0.123 e. The average molecular weight is 262 g/mol. The van der Waals surface area contributed by atoms with Crippen LogP contribution >= 0.6 is 0 Å². The lowest BCUT2D eigenvalue weighted by Crippen LogP contribution is -2.18. The minimum Gasteiger partial charge on any atom is -0.507 e. The first kappa shape index (κ1) is 15.6. The summed E-state index contributed by atoms with van der Waals surface area (Å²) in [5.74, 6) is 0.405. The molecule has 0 bridgehead atoms. The zero-order chi connectivity index (χ0) is 14.8. The maximum Gasteiger partial charge on any atom is 0.123 e. The van der Waals surface area contributed by atoms with Crippen LogP contribution in [0.25, 0.3) is 0 Å². The van der Waals surface area contributed by atoms with Crippen LogP contribution in [0.3, 0.4) is 0 Å². The van der Waals surface area contributed by atoms with Crippen LogP contribution in [0.5, 0.6) is 5.75 Å². The third-order valence-electron chi connectivity index (χ3n) is 3.15. The highest BCUT2D eigenvalue weighted by Gasteiger charge is 2.26. The Labute approximate surface area is 117 Å². The Kier molecular flexibility index (Phi) is 4.34. The monoisotopic (exact) mass is 262 g/mol. The molecule has 0 aliphatic rings. The first-order valence-corrected chi connectivity index (χ1v) is 6.66. The largest absolute Gasteiger partial charge is 0.507 e. The Morgan fingerprint density at radius 3 is 1.79 bits per heavy atom. The third-order valence-corrected chi connectivity index (χ3v) is 3.15. The van der Waals surface area contributed by atoms with Gasteiger partial charge < -0.3 is 9.84 Å². The van der Waals surface area contributed by atoms with Crippen LogP contribution < -0.4 is 0 Å². The molecule has 0 atom stereocenters. The molecule has 0 spiro atoms. The van der Waals surface area contributed by atoms with Crippen molar-refractivity contribution in [2.24, 2.45) is 0 Å². The van der Waals surface area contributed by atoms with E-state index in [0.717, 1.165) is 16.7 Å². The molecule has 0 aliphatic carbocycles. The Morgan fingerprint density at radius 1 is 1.05 bits per heavy atom. The van der Waals surface area contributed by atoms with Gasteiger partial charge in [-0.05, 0) is 39.7 Å². The van der Waals surface area contributed by atoms with Gasteiger partial charge in [0, 0.05) is 0 Å². The molecule has 2 heteroatoms. The molecule has 0 unspecified atom stereocenters. The molecule has 1 aromatic carbocycles. The van der Waals surface area contributed by atoms with E-state index < -0.39 is 0 Å². The van der Waals surface area contributed by atoms with E-state index in [4.69, 9.17) is 4.74 Å². The number of hydrogen-bond acceptors (Lipinski definition) is 2. The zero-order valence-electron chi connectivity index (χ0n) is 13.0. The molecule has 0 heterocycles. The van der Waals surface area contributed by atoms with Crippen LogP contribution in [-0.4, -0.2) is 5.11 Å². The summed E-state index contributed by atoms with van der Waals surface area (Å²) in [4.78, 5) is 0. The van der Waals surface area contributed by atoms with E-state index in [1.165, 1.54) is 6.26 Å². The lowest BCUT2D eigenvalue weighted by Gasteiger charge is -2.28. The SMILES string of the molecule is C=COCc1cc(C(C)(C)C)c(O)c(C(C)(C)C)c1. The summed E-state index contributed by atoms with van der Waals surface area (Å²) in [6.45, 7) is 16.7. The van der Waals surface area contributed by atoms with E-state index >= 15 is 0 Å². The summed E-state index contributed by atoms with van der Waals surface area (Å²) in [6, 6.07) is 4.04. The van der Waals surface area contributed by atoms with Crippen LogP contribution in [0.2, 0.25) is 0 Å². The Balaban J connectivity index is 3.43. The van der Waals surface area contributed by atoms with Crippen LogP contribution in [-0.2, 0) is 22.2 Å². The molecule has 0 fully saturated rings. The van der Waals surface area contributed by atoms with E-state index in [1.807, 2.05) is 12.1 Å². The molecule has 2 nitrogen and oxygen atoms in total. The minimum absolute atomic E-state index is 0.103. The molecule has 0 radical (unpaired) electrons. The van der Waals surface area contributed by atoms with Gasteiger partial charge in [0.05, 0.1) is 6.26 Å². The van der Waals surface area contributed by atoms with Crippen molar-refractivity contribution < 1.29 is 9.84 Å². The second kappa shape index (κ2) is 5.28. The number of phenols is 1. The number of phenolic OH excluding ortho intramolecular Hbond substituents is 1. The van der Waals surface area contributed by atoms with Gasteiger partial charge in [0.1, 0.15) is 12.4 Å². The molecule has 0 aliphatic heterocycles. The Bertz CT molecular complexity index is 424. The molecule has 106 valence electrons. The number of rotatable bonds is 3. The zero-order valence-corrected chi connectivity index (χ0v) is 13.0. The van der Waals surface area contributed by atoms with Gasteiger partial charge in [-0.25, -0.2) is 0 Å². The van der Waals surface area contributed by atoms with Crippen molar-refractivity contribution in [1.82, 2.24) is 0 Å². The van der Waals surface area contributed by atoms with E-state index in [-0.39, 0.29) is 10.8 Å². The fraction of sp³-hybridized carbons (Fsp3) is 0.529. The van der Waals surface area contributed by atoms with Crippen molar-refractivity contribution in [2.45, 2.75) is 59.0 Å². The van der Waals surface area contributed by atoms with Crippen molar-refractivity contribution in [3.05, 3.63) is 41.7 Å². The quantitative estimate of drug-likeness (QED) is 0.804. The summed E-state index contributed by atoms with van der Waals surface area (Å²) in [7, 11) is 0. The standard InChI is InChI=1S/C17H26O2/c1-8-19-11-12-9-13(16(2,3)4)15(18)14(10-12)17(5,6)7/h8-10,18H,1,11H2,2-7H3. The average Bonchev–Trinajstić information content (AvgIpc) is 2.24. The van der Waals surface area contributed by atoms with E-state index in [1.54, 1.807) is 0 Å². The molecule has 0 aromatic heterocycles. The number of benzene rings is 1. The lowest BCUT2D eigenvalue weighted by molar-refractivity contribution is 0.237. The van der Waals surface area contributed by atoms with Crippen LogP contribution in [0.4, 0.5) is 0 Å². The molecular formula is C17H26O2. The fourth-order valence-corrected chi connectivity index (χ4v) is 2.08. The number of ether oxygens (including phenoxy) is 1. The molecule has 1 rings (SSSR count). The molecule has 1 aromatic rings. The van der Waals surface area contributed by atoms with Crippen LogP contribution in [0.15, 0.2) is 25.0 Å². The Morgan fingerprint density at radius 2 is 1.47 bits per heavy atom. The maximum absolute atomic E-state index is 10.5. The van der Waals surface area contributed by atoms with E-state index in [9.17, 15) is 5.11 Å². The van der Waals surface area contributed by atoms with Gasteiger partial charge in [0.2, 0.25) is 0 Å². The van der Waals surface area contributed by atoms with Crippen LogP contribution in [0, 0.1) is 0 Å². The predicted octanol–water partition coefficient (Wildman–Crippen LogP) is 4.65. The van der Waals surface area contributed by atoms with Gasteiger partial charge in [-0.15, -0.1) is 0 Å². The molecule has 0 saturated carbocycles. The summed E-state index contributed by atoms with van der Waals surface area (Å²) >= 11 is 0. The molecule has 0 amide bonds. The second-order valence-electron chi connectivity index (χ2n) is 7.02. The highest BCUT2D eigenvalue weighted by Crippen LogP contribution is 2.39. The normalized spacial score (nSPS) is 12.3. The van der Waals surface area contributed by atoms with Gasteiger partial charge in [-0.1, -0.05) is 48.1 Å². The first-order chi connectivity index (χ1) is 8.57. The van der Waals surface area contributed by atoms with Crippen LogP contribution in [0.1, 0.15) is 58.2 Å². The van der Waals surface area contributed by atoms with Crippen molar-refractivity contribution in [3.8, 4) is 5.75 Å². The Hall–Kier alpha value is -1.44. The van der Waals surface area contributed by atoms with Gasteiger partial charge in [-0.2, -0.15) is 0 Å². The summed E-state index contributed by atoms with van der Waals surface area (Å²) in [5, 5.41) is 10.5. The summed E-state index contributed by atoms with van der Waals surface area (Å²) in [6.07, 6.45) is 1.44. The molecule has 19 heavy (non-hydrogen) atoms. The first-order valence-electron chi connectivity index (χ1n) is 6.66. The van der Waals surface area contributed by atoms with Crippen molar-refractivity contribution in [2.75, 3.05) is 0 Å². The van der Waals surface area contributed by atoms with Gasteiger partial charge in [0.15, 0.2) is 0 Å². The topological polar surface area (TPSA) is 29.5 Å². The van der Waals surface area contributed by atoms with Crippen molar-refractivity contribution in [3.63, 3.8) is 0 Å². The van der Waals surface area contributed by atoms with Gasteiger partial charge in [0.25, 0.3) is 0 Å². The minimum atomic E-state index is -0.103. The molecule has 1 N–H and O–H groups in total. The highest BCUT2D eigenvalue weighted by molar-refractivity contribution is 5.49. The summed E-state index contributed by atoms with van der Waals surface area (Å²) in [5.41, 5.74) is 2.78. The van der Waals surface area contributed by atoms with Gasteiger partial charge >= 0.3 is 0 Å². The van der Waals surface area contributed by atoms with Gasteiger partial charge in [-0.3, -0.25) is 0 Å². The summed E-state index contributed by atoms with van der Waals surface area (Å²) < 4.78 is 5.28. The number of aromatic hydroxyl groups is 1. The molecule has 0 saturated heterocycles. The highest BCUT2D eigenvalue weighted by atomic mass is 16.5. The third kappa shape index (κ3) is 3.76. The van der Waals surface area contributed by atoms with Crippen molar-refractivity contribution >= 4 is 0 Å². The number of hydrogen-bond donors (Lipinski definition) is 1. The molecular weight excluding hydrogens is 236 g/mol. The lowest BCUT2D eigenvalue weighted by atomic mass is 9.78. The second-order valence-corrected chi connectivity index (χ2v) is 7.02. The van der Waals surface area contributed by atoms with E-state index in [2.05, 4.69) is 48.1 Å². The fourth-order valence-electron chi connectivity index (χ4n) is 2.08. The van der Waals surface area contributed by atoms with Crippen molar-refractivity contribution in [1.29, 1.82) is 0 Å². The maximum atomic E-state index is 10.5.